The SMILES string of the molecule is CNC1CC(c2ccc(C)cc2)Oc2ccc(Br)cc21. The van der Waals surface area contributed by atoms with Crippen molar-refractivity contribution < 1.29 is 4.74 Å². The van der Waals surface area contributed by atoms with E-state index in [9.17, 15) is 0 Å². The molecule has 2 nitrogen and oxygen atoms in total. The summed E-state index contributed by atoms with van der Waals surface area (Å²) in [5, 5.41) is 3.40. The Morgan fingerprint density at radius 2 is 1.90 bits per heavy atom. The Balaban J connectivity index is 1.94. The number of nitrogens with one attached hydrogen (secondary N) is 1. The van der Waals surface area contributed by atoms with E-state index in [1.54, 1.807) is 0 Å². The second kappa shape index (κ2) is 5.58. The number of fused-ring (bicyclic) bond motifs is 1. The third-order valence-corrected chi connectivity index (χ3v) is 4.36. The number of halogens is 1. The Labute approximate surface area is 128 Å². The lowest BCUT2D eigenvalue weighted by Gasteiger charge is -2.32. The van der Waals surface area contributed by atoms with Crippen LogP contribution in [0.15, 0.2) is 46.9 Å². The quantitative estimate of drug-likeness (QED) is 0.872. The Morgan fingerprint density at radius 1 is 1.15 bits per heavy atom. The first-order valence-corrected chi connectivity index (χ1v) is 7.66. The molecule has 2 atom stereocenters. The molecule has 1 aliphatic rings. The maximum Gasteiger partial charge on any atom is 0.126 e. The van der Waals surface area contributed by atoms with Gasteiger partial charge in [0.2, 0.25) is 0 Å². The molecule has 20 heavy (non-hydrogen) atoms. The van der Waals surface area contributed by atoms with Crippen LogP contribution < -0.4 is 10.1 Å². The molecule has 1 aliphatic heterocycles. The van der Waals surface area contributed by atoms with Crippen molar-refractivity contribution in [3.63, 3.8) is 0 Å². The molecule has 1 heterocycles. The van der Waals surface area contributed by atoms with Gasteiger partial charge in [0, 0.05) is 22.5 Å². The van der Waals surface area contributed by atoms with Gasteiger partial charge in [0.15, 0.2) is 0 Å². The van der Waals surface area contributed by atoms with Crippen LogP contribution in [0.1, 0.15) is 35.3 Å². The molecule has 0 spiro atoms. The molecular formula is C17H18BrNO. The predicted molar refractivity (Wildman–Crippen MR) is 85.1 cm³/mol. The molecule has 2 aromatic carbocycles. The van der Waals surface area contributed by atoms with Gasteiger partial charge in [0.25, 0.3) is 0 Å². The average molecular weight is 332 g/mol. The molecule has 0 amide bonds. The summed E-state index contributed by atoms with van der Waals surface area (Å²) in [6.07, 6.45) is 1.06. The lowest BCUT2D eigenvalue weighted by atomic mass is 9.93. The number of aryl methyl sites for hydroxylation is 1. The van der Waals surface area contributed by atoms with Crippen LogP contribution in [-0.4, -0.2) is 7.05 Å². The highest BCUT2D eigenvalue weighted by atomic mass is 79.9. The van der Waals surface area contributed by atoms with Gasteiger partial charge in [-0.15, -0.1) is 0 Å². The minimum Gasteiger partial charge on any atom is -0.485 e. The van der Waals surface area contributed by atoms with Gasteiger partial charge in [0.1, 0.15) is 11.9 Å². The van der Waals surface area contributed by atoms with Gasteiger partial charge in [-0.3, -0.25) is 0 Å². The summed E-state index contributed by atoms with van der Waals surface area (Å²) in [7, 11) is 2.01. The number of benzene rings is 2. The van der Waals surface area contributed by atoms with E-state index >= 15 is 0 Å². The zero-order valence-electron chi connectivity index (χ0n) is 11.7. The molecule has 0 aromatic heterocycles. The summed E-state index contributed by atoms with van der Waals surface area (Å²) in [5.74, 6) is 0.976. The Morgan fingerprint density at radius 3 is 2.60 bits per heavy atom. The van der Waals surface area contributed by atoms with Crippen LogP contribution in [0.5, 0.6) is 5.75 Å². The van der Waals surface area contributed by atoms with E-state index in [0.717, 1.165) is 16.6 Å². The van der Waals surface area contributed by atoms with Crippen LogP contribution in [0.4, 0.5) is 0 Å². The summed E-state index contributed by atoms with van der Waals surface area (Å²) < 4.78 is 7.28. The second-order valence-electron chi connectivity index (χ2n) is 5.28. The molecule has 0 radical (unpaired) electrons. The van der Waals surface area contributed by atoms with Crippen molar-refractivity contribution in [3.05, 3.63) is 63.6 Å². The molecule has 104 valence electrons. The first-order valence-electron chi connectivity index (χ1n) is 6.87. The molecule has 0 fully saturated rings. The fourth-order valence-corrected chi connectivity index (χ4v) is 3.08. The summed E-state index contributed by atoms with van der Waals surface area (Å²) in [4.78, 5) is 0. The lowest BCUT2D eigenvalue weighted by molar-refractivity contribution is 0.154. The molecule has 0 saturated heterocycles. The van der Waals surface area contributed by atoms with Gasteiger partial charge in [-0.25, -0.2) is 0 Å². The molecule has 2 aromatic rings. The molecule has 3 heteroatoms. The Bertz CT molecular complexity index is 609. The third kappa shape index (κ3) is 2.60. The highest BCUT2D eigenvalue weighted by Gasteiger charge is 2.28. The topological polar surface area (TPSA) is 21.3 Å². The molecule has 0 bridgehead atoms. The van der Waals surface area contributed by atoms with Crippen LogP contribution in [0, 0.1) is 6.92 Å². The second-order valence-corrected chi connectivity index (χ2v) is 6.19. The summed E-state index contributed by atoms with van der Waals surface area (Å²) in [6.45, 7) is 2.11. The van der Waals surface area contributed by atoms with Crippen molar-refractivity contribution in [1.82, 2.24) is 5.32 Å². The number of ether oxygens (including phenoxy) is 1. The third-order valence-electron chi connectivity index (χ3n) is 3.86. The smallest absolute Gasteiger partial charge is 0.126 e. The number of rotatable bonds is 2. The molecule has 0 aliphatic carbocycles. The fourth-order valence-electron chi connectivity index (χ4n) is 2.70. The van der Waals surface area contributed by atoms with Crippen molar-refractivity contribution in [2.75, 3.05) is 7.05 Å². The maximum absolute atomic E-state index is 6.18. The lowest BCUT2D eigenvalue weighted by Crippen LogP contribution is -2.26. The minimum atomic E-state index is 0.113. The number of hydrogen-bond donors (Lipinski definition) is 1. The number of hydrogen-bond acceptors (Lipinski definition) is 2. The van der Waals surface area contributed by atoms with Crippen LogP contribution >= 0.6 is 15.9 Å². The standard InChI is InChI=1S/C17H18BrNO/c1-11-3-5-12(6-4-11)17-10-15(19-2)14-9-13(18)7-8-16(14)20-17/h3-9,15,17,19H,10H2,1-2H3. The summed E-state index contributed by atoms with van der Waals surface area (Å²) in [5.41, 5.74) is 3.74. The van der Waals surface area contributed by atoms with Gasteiger partial charge in [-0.2, -0.15) is 0 Å². The van der Waals surface area contributed by atoms with E-state index in [-0.39, 0.29) is 6.10 Å². The zero-order valence-corrected chi connectivity index (χ0v) is 13.3. The first-order chi connectivity index (χ1) is 9.67. The molecule has 3 rings (SSSR count). The van der Waals surface area contributed by atoms with Crippen LogP contribution in [0.3, 0.4) is 0 Å². The fraction of sp³-hybridized carbons (Fsp3) is 0.294. The largest absolute Gasteiger partial charge is 0.485 e. The van der Waals surface area contributed by atoms with E-state index in [1.165, 1.54) is 16.7 Å². The normalized spacial score (nSPS) is 21.1. The van der Waals surface area contributed by atoms with Gasteiger partial charge < -0.3 is 10.1 Å². The molecular weight excluding hydrogens is 314 g/mol. The van der Waals surface area contributed by atoms with Gasteiger partial charge in [-0.05, 0) is 37.7 Å². The molecule has 2 unspecified atom stereocenters. The summed E-state index contributed by atoms with van der Waals surface area (Å²) in [6, 6.07) is 15.2. The highest BCUT2D eigenvalue weighted by Crippen LogP contribution is 2.41. The van der Waals surface area contributed by atoms with E-state index in [1.807, 2.05) is 19.2 Å². The van der Waals surface area contributed by atoms with E-state index in [2.05, 4.69) is 58.5 Å². The monoisotopic (exact) mass is 331 g/mol. The highest BCUT2D eigenvalue weighted by molar-refractivity contribution is 9.10. The van der Waals surface area contributed by atoms with Gasteiger partial charge in [0.05, 0.1) is 0 Å². The van der Waals surface area contributed by atoms with Crippen molar-refractivity contribution >= 4 is 15.9 Å². The van der Waals surface area contributed by atoms with E-state index in [4.69, 9.17) is 4.74 Å². The van der Waals surface area contributed by atoms with Gasteiger partial charge >= 0.3 is 0 Å². The first kappa shape index (κ1) is 13.7. The Hall–Kier alpha value is -1.32. The van der Waals surface area contributed by atoms with Gasteiger partial charge in [-0.1, -0.05) is 45.8 Å². The molecule has 0 saturated carbocycles. The van der Waals surface area contributed by atoms with Crippen molar-refractivity contribution in [2.24, 2.45) is 0 Å². The molecule has 1 N–H and O–H groups in total. The van der Waals surface area contributed by atoms with Crippen molar-refractivity contribution in [1.29, 1.82) is 0 Å². The van der Waals surface area contributed by atoms with Crippen molar-refractivity contribution in [2.45, 2.75) is 25.5 Å². The van der Waals surface area contributed by atoms with Crippen LogP contribution in [-0.2, 0) is 0 Å². The minimum absolute atomic E-state index is 0.113. The Kier molecular flexibility index (Phi) is 3.81. The maximum atomic E-state index is 6.18. The van der Waals surface area contributed by atoms with Crippen LogP contribution in [0.2, 0.25) is 0 Å². The van der Waals surface area contributed by atoms with Crippen LogP contribution in [0.25, 0.3) is 0 Å². The van der Waals surface area contributed by atoms with E-state index in [0.29, 0.717) is 6.04 Å². The predicted octanol–water partition coefficient (Wildman–Crippen LogP) is 4.54. The summed E-state index contributed by atoms with van der Waals surface area (Å²) >= 11 is 3.53. The van der Waals surface area contributed by atoms with Crippen molar-refractivity contribution in [3.8, 4) is 5.75 Å². The van der Waals surface area contributed by atoms with E-state index < -0.39 is 0 Å². The average Bonchev–Trinajstić information content (AvgIpc) is 2.47. The zero-order chi connectivity index (χ0) is 14.1.